The second kappa shape index (κ2) is 7.33. The van der Waals surface area contributed by atoms with Gasteiger partial charge >= 0.3 is 0 Å². The van der Waals surface area contributed by atoms with Crippen molar-refractivity contribution >= 4 is 11.6 Å². The van der Waals surface area contributed by atoms with Crippen LogP contribution < -0.4 is 10.1 Å². The molecule has 0 radical (unpaired) electrons. The third-order valence-electron chi connectivity index (χ3n) is 5.32. The van der Waals surface area contributed by atoms with Gasteiger partial charge in [0, 0.05) is 35.6 Å². The third kappa shape index (κ3) is 3.43. The van der Waals surface area contributed by atoms with E-state index in [0.29, 0.717) is 18.2 Å². The van der Waals surface area contributed by atoms with Crippen LogP contribution in [0.2, 0.25) is 0 Å². The van der Waals surface area contributed by atoms with Crippen molar-refractivity contribution in [2.75, 3.05) is 6.61 Å². The minimum Gasteiger partial charge on any atom is -0.494 e. The second-order valence-corrected chi connectivity index (χ2v) is 7.59. The van der Waals surface area contributed by atoms with Crippen LogP contribution in [0, 0.1) is 6.92 Å². The zero-order chi connectivity index (χ0) is 20.7. The molecule has 0 unspecified atom stereocenters. The average Bonchev–Trinajstić information content (AvgIpc) is 3.25. The maximum absolute atomic E-state index is 12.4. The Morgan fingerprint density at radius 1 is 1.23 bits per heavy atom. The molecule has 0 saturated heterocycles. The van der Waals surface area contributed by atoms with E-state index in [1.54, 1.807) is 10.9 Å². The summed E-state index contributed by atoms with van der Waals surface area (Å²) in [4.78, 5) is 16.9. The minimum atomic E-state index is -0.0157. The van der Waals surface area contributed by atoms with Gasteiger partial charge in [0.1, 0.15) is 11.4 Å². The number of hydrogen-bond acceptors (Lipinski definition) is 4. The van der Waals surface area contributed by atoms with Gasteiger partial charge in [0.15, 0.2) is 5.82 Å². The molecule has 0 spiro atoms. The van der Waals surface area contributed by atoms with Crippen molar-refractivity contribution in [2.45, 2.75) is 32.7 Å². The van der Waals surface area contributed by atoms with Gasteiger partial charge in [-0.2, -0.15) is 5.10 Å². The Hall–Kier alpha value is -3.61. The Balaban J connectivity index is 1.47. The van der Waals surface area contributed by atoms with Crippen LogP contribution >= 0.6 is 0 Å². The van der Waals surface area contributed by atoms with Crippen molar-refractivity contribution in [1.82, 2.24) is 24.5 Å². The maximum Gasteiger partial charge on any atom is 0.251 e. The van der Waals surface area contributed by atoms with E-state index < -0.39 is 0 Å². The first-order valence-corrected chi connectivity index (χ1v) is 10.2. The van der Waals surface area contributed by atoms with E-state index in [2.05, 4.69) is 15.4 Å². The number of benzene rings is 1. The molecule has 0 aliphatic heterocycles. The molecule has 0 atom stereocenters. The first-order chi connectivity index (χ1) is 14.6. The fourth-order valence-corrected chi connectivity index (χ4v) is 3.53. The summed E-state index contributed by atoms with van der Waals surface area (Å²) in [5.41, 5.74) is 4.51. The normalized spacial score (nSPS) is 13.5. The summed E-state index contributed by atoms with van der Waals surface area (Å²) < 4.78 is 9.32. The Morgan fingerprint density at radius 3 is 2.90 bits per heavy atom. The van der Waals surface area contributed by atoms with Crippen molar-refractivity contribution in [3.8, 4) is 22.7 Å². The van der Waals surface area contributed by atoms with Gasteiger partial charge in [0.25, 0.3) is 5.91 Å². The van der Waals surface area contributed by atoms with Gasteiger partial charge in [-0.1, -0.05) is 6.07 Å². The van der Waals surface area contributed by atoms with Crippen LogP contribution in [0.25, 0.3) is 22.6 Å². The summed E-state index contributed by atoms with van der Waals surface area (Å²) in [5.74, 6) is 1.61. The zero-order valence-electron chi connectivity index (χ0n) is 17.0. The highest BCUT2D eigenvalue weighted by atomic mass is 16.5. The van der Waals surface area contributed by atoms with Gasteiger partial charge in [-0.05, 0) is 56.0 Å². The molecule has 1 saturated carbocycles. The lowest BCUT2D eigenvalue weighted by molar-refractivity contribution is 0.0951. The van der Waals surface area contributed by atoms with E-state index in [1.165, 1.54) is 0 Å². The molecule has 5 rings (SSSR count). The fraction of sp³-hybridized carbons (Fsp3) is 0.261. The number of hydrogen-bond donors (Lipinski definition) is 1. The molecule has 1 aromatic carbocycles. The van der Waals surface area contributed by atoms with E-state index in [0.717, 1.165) is 46.7 Å². The molecule has 1 aliphatic carbocycles. The van der Waals surface area contributed by atoms with Crippen LogP contribution in [0.15, 0.2) is 55.1 Å². The van der Waals surface area contributed by atoms with Crippen molar-refractivity contribution in [1.29, 1.82) is 0 Å². The lowest BCUT2D eigenvalue weighted by Crippen LogP contribution is -2.25. The summed E-state index contributed by atoms with van der Waals surface area (Å²) in [6.45, 7) is 4.61. The van der Waals surface area contributed by atoms with Gasteiger partial charge in [-0.25, -0.2) is 9.67 Å². The van der Waals surface area contributed by atoms with E-state index in [-0.39, 0.29) is 5.91 Å². The van der Waals surface area contributed by atoms with E-state index in [1.807, 2.05) is 67.2 Å². The van der Waals surface area contributed by atoms with Crippen molar-refractivity contribution < 1.29 is 9.53 Å². The summed E-state index contributed by atoms with van der Waals surface area (Å²) in [5, 5.41) is 7.59. The fourth-order valence-electron chi connectivity index (χ4n) is 3.53. The first-order valence-electron chi connectivity index (χ1n) is 10.2. The quantitative estimate of drug-likeness (QED) is 0.534. The number of pyridine rings is 1. The summed E-state index contributed by atoms with van der Waals surface area (Å²) in [7, 11) is 0. The third-order valence-corrected chi connectivity index (χ3v) is 5.32. The van der Waals surface area contributed by atoms with Gasteiger partial charge in [-0.15, -0.1) is 0 Å². The van der Waals surface area contributed by atoms with Crippen molar-refractivity contribution in [3.63, 3.8) is 0 Å². The molecule has 4 aromatic rings. The Morgan fingerprint density at radius 2 is 2.10 bits per heavy atom. The number of nitrogens with one attached hydrogen (secondary N) is 1. The number of carbonyl (C=O) groups excluding carboxylic acids is 1. The zero-order valence-corrected chi connectivity index (χ0v) is 17.0. The number of fused-ring (bicyclic) bond motifs is 1. The number of amides is 1. The molecule has 0 bridgehead atoms. The highest BCUT2D eigenvalue weighted by Gasteiger charge is 2.24. The van der Waals surface area contributed by atoms with Crippen LogP contribution in [-0.4, -0.2) is 37.7 Å². The van der Waals surface area contributed by atoms with Crippen molar-refractivity contribution in [2.24, 2.45) is 0 Å². The van der Waals surface area contributed by atoms with E-state index >= 15 is 0 Å². The van der Waals surface area contributed by atoms with Gasteiger partial charge in [-0.3, -0.25) is 9.20 Å². The smallest absolute Gasteiger partial charge is 0.251 e. The van der Waals surface area contributed by atoms with E-state index in [4.69, 9.17) is 4.74 Å². The van der Waals surface area contributed by atoms with Crippen LogP contribution in [0.4, 0.5) is 0 Å². The maximum atomic E-state index is 12.4. The first kappa shape index (κ1) is 18.4. The average molecular weight is 401 g/mol. The van der Waals surface area contributed by atoms with Gasteiger partial charge in [0.05, 0.1) is 19.0 Å². The number of nitrogens with zero attached hydrogens (tertiary/aromatic N) is 4. The Labute approximate surface area is 174 Å². The Bertz CT molecular complexity index is 1240. The number of carbonyl (C=O) groups is 1. The van der Waals surface area contributed by atoms with Gasteiger partial charge in [0.2, 0.25) is 0 Å². The molecular formula is C23H23N5O2. The number of imidazole rings is 1. The summed E-state index contributed by atoms with van der Waals surface area (Å²) >= 11 is 0. The lowest BCUT2D eigenvalue weighted by atomic mass is 10.0. The SMILES string of the molecule is CCOc1ccn2c(-n3cc(-c4cc(C(=O)NC5CC5)ccc4C)cn3)cnc2c1. The molecule has 30 heavy (non-hydrogen) atoms. The molecular weight excluding hydrogens is 378 g/mol. The molecule has 7 nitrogen and oxygen atoms in total. The summed E-state index contributed by atoms with van der Waals surface area (Å²) in [6.07, 6.45) is 9.64. The number of aromatic nitrogens is 4. The van der Waals surface area contributed by atoms with Crippen LogP contribution in [0.3, 0.4) is 0 Å². The highest BCUT2D eigenvalue weighted by molar-refractivity contribution is 5.96. The minimum absolute atomic E-state index is 0.0157. The molecule has 1 fully saturated rings. The monoisotopic (exact) mass is 401 g/mol. The standard InChI is InChI=1S/C23H23N5O2/c1-3-30-19-8-9-27-21(11-19)24-13-22(27)28-14-17(12-25-28)20-10-16(5-4-15(20)2)23(29)26-18-6-7-18/h4-5,8-14,18H,3,6-7H2,1-2H3,(H,26,29). The molecule has 3 heterocycles. The van der Waals surface area contributed by atoms with Crippen molar-refractivity contribution in [3.05, 3.63) is 66.2 Å². The van der Waals surface area contributed by atoms with Crippen LogP contribution in [0.5, 0.6) is 5.75 Å². The largest absolute Gasteiger partial charge is 0.494 e. The predicted octanol–water partition coefficient (Wildman–Crippen LogP) is 3.79. The topological polar surface area (TPSA) is 73.5 Å². The molecule has 7 heteroatoms. The van der Waals surface area contributed by atoms with Crippen LogP contribution in [0.1, 0.15) is 35.7 Å². The molecule has 1 aliphatic rings. The molecule has 1 amide bonds. The lowest BCUT2D eigenvalue weighted by Gasteiger charge is -2.08. The second-order valence-electron chi connectivity index (χ2n) is 7.59. The van der Waals surface area contributed by atoms with Gasteiger partial charge < -0.3 is 10.1 Å². The number of ether oxygens (including phenoxy) is 1. The summed E-state index contributed by atoms with van der Waals surface area (Å²) in [6, 6.07) is 9.96. The number of rotatable bonds is 6. The molecule has 3 aromatic heterocycles. The highest BCUT2D eigenvalue weighted by Crippen LogP contribution is 2.27. The Kier molecular flexibility index (Phi) is 4.50. The number of aryl methyl sites for hydroxylation is 1. The van der Waals surface area contributed by atoms with E-state index in [9.17, 15) is 4.79 Å². The van der Waals surface area contributed by atoms with Crippen LogP contribution in [-0.2, 0) is 0 Å². The molecule has 152 valence electrons. The molecule has 1 N–H and O–H groups in total. The predicted molar refractivity (Wildman–Crippen MR) is 114 cm³/mol.